The fraction of sp³-hybridized carbons (Fsp3) is 0.273. The summed E-state index contributed by atoms with van der Waals surface area (Å²) in [5.74, 6) is 0.102. The molecule has 0 aliphatic heterocycles. The minimum absolute atomic E-state index is 0.0894. The second-order valence-electron chi connectivity index (χ2n) is 7.55. The number of fused-ring (bicyclic) bond motifs is 1. The van der Waals surface area contributed by atoms with Gasteiger partial charge in [-0.3, -0.25) is 0 Å². The van der Waals surface area contributed by atoms with E-state index < -0.39 is 11.7 Å². The first kappa shape index (κ1) is 19.4. The highest BCUT2D eigenvalue weighted by atomic mass is 79.9. The topological polar surface area (TPSA) is 43.9 Å². The molecule has 0 N–H and O–H groups in total. The van der Waals surface area contributed by atoms with Crippen molar-refractivity contribution >= 4 is 26.8 Å². The summed E-state index contributed by atoms with van der Waals surface area (Å²) >= 11 is 3.09. The molecule has 2 aromatic carbocycles. The van der Waals surface area contributed by atoms with Crippen LogP contribution in [0, 0.1) is 0 Å². The number of benzene rings is 2. The van der Waals surface area contributed by atoms with Crippen molar-refractivity contribution in [3.63, 3.8) is 0 Å². The molecule has 4 aromatic rings. The SMILES string of the molecule is FC(F)(F)c1cc(Br)ccc1-c1noc(-c2ccc3c(ccn3C3CCCC3)c2)n1. The third-order valence-corrected chi connectivity index (χ3v) is 6.13. The maximum atomic E-state index is 13.4. The van der Waals surface area contributed by atoms with Crippen LogP contribution >= 0.6 is 15.9 Å². The number of nitrogens with zero attached hydrogens (tertiary/aromatic N) is 3. The van der Waals surface area contributed by atoms with Gasteiger partial charge in [0, 0.05) is 38.7 Å². The Hall–Kier alpha value is -2.61. The third kappa shape index (κ3) is 3.43. The fourth-order valence-corrected chi connectivity index (χ4v) is 4.56. The summed E-state index contributed by atoms with van der Waals surface area (Å²) in [6.07, 6.45) is 2.45. The van der Waals surface area contributed by atoms with E-state index in [9.17, 15) is 13.2 Å². The number of alkyl halides is 3. The molecule has 0 bridgehead atoms. The van der Waals surface area contributed by atoms with Crippen molar-refractivity contribution in [1.82, 2.24) is 14.7 Å². The van der Waals surface area contributed by atoms with Gasteiger partial charge in [0.25, 0.3) is 5.89 Å². The van der Waals surface area contributed by atoms with Gasteiger partial charge in [-0.05, 0) is 55.3 Å². The van der Waals surface area contributed by atoms with E-state index in [-0.39, 0.29) is 17.3 Å². The summed E-state index contributed by atoms with van der Waals surface area (Å²) in [7, 11) is 0. The van der Waals surface area contributed by atoms with Crippen molar-refractivity contribution in [2.75, 3.05) is 0 Å². The van der Waals surface area contributed by atoms with Crippen LogP contribution in [0.15, 0.2) is 57.7 Å². The molecule has 0 atom stereocenters. The first-order valence-corrected chi connectivity index (χ1v) is 10.5. The average molecular weight is 476 g/mol. The van der Waals surface area contributed by atoms with Crippen LogP contribution in [0.2, 0.25) is 0 Å². The van der Waals surface area contributed by atoms with E-state index in [2.05, 4.69) is 36.8 Å². The summed E-state index contributed by atoms with van der Waals surface area (Å²) in [5, 5.41) is 4.85. The quantitative estimate of drug-likeness (QED) is 0.313. The van der Waals surface area contributed by atoms with Crippen molar-refractivity contribution in [3.8, 4) is 22.8 Å². The van der Waals surface area contributed by atoms with E-state index in [1.807, 2.05) is 24.3 Å². The first-order chi connectivity index (χ1) is 14.4. The monoisotopic (exact) mass is 475 g/mol. The highest BCUT2D eigenvalue weighted by Crippen LogP contribution is 2.38. The molecule has 0 radical (unpaired) electrons. The lowest BCUT2D eigenvalue weighted by atomic mass is 10.1. The Morgan fingerprint density at radius 3 is 2.60 bits per heavy atom. The van der Waals surface area contributed by atoms with Crippen molar-refractivity contribution in [3.05, 3.63) is 58.7 Å². The molecule has 8 heteroatoms. The van der Waals surface area contributed by atoms with Gasteiger partial charge in [0.15, 0.2) is 0 Å². The summed E-state index contributed by atoms with van der Waals surface area (Å²) in [5.41, 5.74) is 0.885. The van der Waals surface area contributed by atoms with Crippen molar-refractivity contribution in [1.29, 1.82) is 0 Å². The van der Waals surface area contributed by atoms with E-state index in [0.717, 1.165) is 17.0 Å². The van der Waals surface area contributed by atoms with E-state index in [4.69, 9.17) is 4.52 Å². The van der Waals surface area contributed by atoms with Crippen LogP contribution in [0.1, 0.15) is 37.3 Å². The van der Waals surface area contributed by atoms with Crippen LogP contribution in [0.3, 0.4) is 0 Å². The van der Waals surface area contributed by atoms with Gasteiger partial charge in [-0.2, -0.15) is 18.2 Å². The normalized spacial score (nSPS) is 15.3. The number of aromatic nitrogens is 3. The number of halogens is 4. The second-order valence-corrected chi connectivity index (χ2v) is 8.46. The standard InChI is InChI=1S/C22H17BrF3N3O/c23-15-6-7-17(18(12-15)22(24,25)26)20-27-21(30-28-20)14-5-8-19-13(11-14)9-10-29(19)16-3-1-2-4-16/h5-12,16H,1-4H2. The smallest absolute Gasteiger partial charge is 0.344 e. The molecule has 2 heterocycles. The molecular formula is C22H17BrF3N3O. The molecule has 5 rings (SSSR count). The summed E-state index contributed by atoms with van der Waals surface area (Å²) < 4.78 is 48.3. The van der Waals surface area contributed by atoms with E-state index in [0.29, 0.717) is 16.1 Å². The largest absolute Gasteiger partial charge is 0.417 e. The van der Waals surface area contributed by atoms with Crippen LogP contribution in [-0.2, 0) is 6.18 Å². The van der Waals surface area contributed by atoms with Gasteiger partial charge in [0.1, 0.15) is 0 Å². The minimum Gasteiger partial charge on any atom is -0.344 e. The van der Waals surface area contributed by atoms with Gasteiger partial charge < -0.3 is 9.09 Å². The van der Waals surface area contributed by atoms with E-state index in [1.165, 1.54) is 37.8 Å². The average Bonchev–Trinajstić information content (AvgIpc) is 3.46. The van der Waals surface area contributed by atoms with Crippen molar-refractivity contribution < 1.29 is 17.7 Å². The molecule has 154 valence electrons. The summed E-state index contributed by atoms with van der Waals surface area (Å²) in [6.45, 7) is 0. The van der Waals surface area contributed by atoms with Gasteiger partial charge in [0.2, 0.25) is 5.82 Å². The molecule has 0 spiro atoms. The predicted molar refractivity (Wildman–Crippen MR) is 111 cm³/mol. The molecule has 30 heavy (non-hydrogen) atoms. The van der Waals surface area contributed by atoms with Gasteiger partial charge in [0.05, 0.1) is 5.56 Å². The zero-order valence-corrected chi connectivity index (χ0v) is 17.4. The lowest BCUT2D eigenvalue weighted by molar-refractivity contribution is -0.137. The molecule has 1 aliphatic carbocycles. The zero-order valence-electron chi connectivity index (χ0n) is 15.8. The third-order valence-electron chi connectivity index (χ3n) is 5.64. The highest BCUT2D eigenvalue weighted by Gasteiger charge is 2.35. The van der Waals surface area contributed by atoms with Crippen LogP contribution < -0.4 is 0 Å². The molecule has 0 unspecified atom stereocenters. The molecule has 0 saturated heterocycles. The predicted octanol–water partition coefficient (Wildman–Crippen LogP) is 7.25. The van der Waals surface area contributed by atoms with Gasteiger partial charge in [-0.25, -0.2) is 0 Å². The van der Waals surface area contributed by atoms with Crippen molar-refractivity contribution in [2.45, 2.75) is 37.9 Å². The zero-order chi connectivity index (χ0) is 20.9. The first-order valence-electron chi connectivity index (χ1n) is 9.72. The number of hydrogen-bond donors (Lipinski definition) is 0. The lowest BCUT2D eigenvalue weighted by Gasteiger charge is -2.13. The maximum absolute atomic E-state index is 13.4. The van der Waals surface area contributed by atoms with Crippen LogP contribution in [0.4, 0.5) is 13.2 Å². The Morgan fingerprint density at radius 2 is 1.83 bits per heavy atom. The van der Waals surface area contributed by atoms with Crippen LogP contribution in [0.25, 0.3) is 33.7 Å². The number of hydrogen-bond acceptors (Lipinski definition) is 3. The molecule has 0 amide bonds. The van der Waals surface area contributed by atoms with E-state index >= 15 is 0 Å². The Bertz CT molecular complexity index is 1220. The summed E-state index contributed by atoms with van der Waals surface area (Å²) in [6, 6.07) is 12.3. The lowest BCUT2D eigenvalue weighted by Crippen LogP contribution is -2.07. The Morgan fingerprint density at radius 1 is 1.03 bits per heavy atom. The highest BCUT2D eigenvalue weighted by molar-refractivity contribution is 9.10. The Balaban J connectivity index is 1.51. The van der Waals surface area contributed by atoms with Crippen LogP contribution in [0.5, 0.6) is 0 Å². The second kappa shape index (κ2) is 7.27. The van der Waals surface area contributed by atoms with Crippen LogP contribution in [-0.4, -0.2) is 14.7 Å². The Labute approximate surface area is 178 Å². The van der Waals surface area contributed by atoms with Gasteiger partial charge >= 0.3 is 6.18 Å². The van der Waals surface area contributed by atoms with Gasteiger partial charge in [-0.15, -0.1) is 0 Å². The van der Waals surface area contributed by atoms with E-state index in [1.54, 1.807) is 0 Å². The van der Waals surface area contributed by atoms with Gasteiger partial charge in [-0.1, -0.05) is 33.9 Å². The maximum Gasteiger partial charge on any atom is 0.417 e. The molecule has 1 saturated carbocycles. The molecule has 1 aliphatic rings. The van der Waals surface area contributed by atoms with Crippen molar-refractivity contribution in [2.24, 2.45) is 0 Å². The summed E-state index contributed by atoms with van der Waals surface area (Å²) in [4.78, 5) is 4.25. The molecule has 4 nitrogen and oxygen atoms in total. The Kier molecular flexibility index (Phi) is 4.69. The molecule has 2 aromatic heterocycles. The minimum atomic E-state index is -4.53. The molecular weight excluding hydrogens is 459 g/mol. The molecule has 1 fully saturated rings. The number of rotatable bonds is 3. The fourth-order valence-electron chi connectivity index (χ4n) is 4.19.